The lowest BCUT2D eigenvalue weighted by Gasteiger charge is -2.42. The Morgan fingerprint density at radius 3 is 2.52 bits per heavy atom. The van der Waals surface area contributed by atoms with Crippen LogP contribution in [0.1, 0.15) is 44.7 Å². The summed E-state index contributed by atoms with van der Waals surface area (Å²) >= 11 is 0. The molecule has 0 spiro atoms. The highest BCUT2D eigenvalue weighted by Gasteiger charge is 2.51. The highest BCUT2D eigenvalue weighted by molar-refractivity contribution is 5.81. The Labute approximate surface area is 136 Å². The minimum absolute atomic E-state index is 0.230. The van der Waals surface area contributed by atoms with E-state index in [1.54, 1.807) is 0 Å². The first-order valence-electron chi connectivity index (χ1n) is 7.65. The number of rotatable bonds is 3. The minimum atomic E-state index is -0.830. The Bertz CT molecular complexity index is 647. The number of fused-ring (bicyclic) bond motifs is 1. The summed E-state index contributed by atoms with van der Waals surface area (Å²) in [7, 11) is 2.92. The van der Waals surface area contributed by atoms with Gasteiger partial charge in [-0.05, 0) is 38.8 Å². The predicted octanol–water partition coefficient (Wildman–Crippen LogP) is 3.16. The number of carbonyl (C=O) groups excluding carboxylic acids is 2. The monoisotopic (exact) mass is 320 g/mol. The van der Waals surface area contributed by atoms with E-state index in [1.807, 2.05) is 39.8 Å². The molecule has 126 valence electrons. The van der Waals surface area contributed by atoms with Gasteiger partial charge in [-0.1, -0.05) is 13.0 Å². The van der Waals surface area contributed by atoms with Crippen LogP contribution < -0.4 is 9.47 Å². The molecule has 1 atom stereocenters. The van der Waals surface area contributed by atoms with Gasteiger partial charge in [-0.25, -0.2) is 0 Å². The predicted molar refractivity (Wildman–Crippen MR) is 85.7 cm³/mol. The number of esters is 2. The summed E-state index contributed by atoms with van der Waals surface area (Å²) in [5, 5.41) is 0. The molecule has 0 saturated carbocycles. The van der Waals surface area contributed by atoms with Crippen molar-refractivity contribution in [2.45, 2.75) is 46.0 Å². The van der Waals surface area contributed by atoms with Gasteiger partial charge < -0.3 is 14.2 Å². The highest BCUT2D eigenvalue weighted by Crippen LogP contribution is 2.52. The number of ether oxygens (including phenoxy) is 3. The fraction of sp³-hybridized carbons (Fsp3) is 0.556. The molecule has 5 nitrogen and oxygen atoms in total. The van der Waals surface area contributed by atoms with Crippen molar-refractivity contribution in [2.75, 3.05) is 14.2 Å². The molecule has 23 heavy (non-hydrogen) atoms. The SMILES string of the molecule is COC(=O)C(C)(C)C1(C)CCC(=O)Oc2c(OC)cc(C)cc21. The van der Waals surface area contributed by atoms with Gasteiger partial charge in [0.1, 0.15) is 0 Å². The average Bonchev–Trinajstić information content (AvgIpc) is 2.64. The third-order valence-electron chi connectivity index (χ3n) is 5.13. The van der Waals surface area contributed by atoms with E-state index < -0.39 is 10.8 Å². The largest absolute Gasteiger partial charge is 0.493 e. The lowest BCUT2D eigenvalue weighted by Crippen LogP contribution is -2.45. The third kappa shape index (κ3) is 2.69. The molecule has 5 heteroatoms. The quantitative estimate of drug-likeness (QED) is 0.632. The van der Waals surface area contributed by atoms with E-state index in [4.69, 9.17) is 14.2 Å². The van der Waals surface area contributed by atoms with Crippen LogP contribution in [0.15, 0.2) is 12.1 Å². The van der Waals surface area contributed by atoms with Gasteiger partial charge in [0, 0.05) is 17.4 Å². The molecule has 1 heterocycles. The van der Waals surface area contributed by atoms with E-state index >= 15 is 0 Å². The summed E-state index contributed by atoms with van der Waals surface area (Å²) in [6, 6.07) is 3.78. The highest BCUT2D eigenvalue weighted by atomic mass is 16.6. The van der Waals surface area contributed by atoms with E-state index in [1.165, 1.54) is 14.2 Å². The van der Waals surface area contributed by atoms with Crippen LogP contribution in [-0.2, 0) is 19.7 Å². The van der Waals surface area contributed by atoms with Crippen molar-refractivity contribution >= 4 is 11.9 Å². The number of hydrogen-bond donors (Lipinski definition) is 0. The minimum Gasteiger partial charge on any atom is -0.493 e. The second-order valence-corrected chi connectivity index (χ2v) is 6.77. The second-order valence-electron chi connectivity index (χ2n) is 6.77. The molecular weight excluding hydrogens is 296 g/mol. The van der Waals surface area contributed by atoms with Crippen molar-refractivity contribution in [3.63, 3.8) is 0 Å². The number of benzene rings is 1. The molecular formula is C18H24O5. The van der Waals surface area contributed by atoms with Crippen LogP contribution in [0.3, 0.4) is 0 Å². The molecule has 1 aromatic rings. The lowest BCUT2D eigenvalue weighted by molar-refractivity contribution is -0.155. The van der Waals surface area contributed by atoms with Crippen molar-refractivity contribution in [3.8, 4) is 11.5 Å². The number of carbonyl (C=O) groups is 2. The number of methoxy groups -OCH3 is 2. The Hall–Kier alpha value is -2.04. The molecule has 0 radical (unpaired) electrons. The molecule has 2 rings (SSSR count). The van der Waals surface area contributed by atoms with Crippen LogP contribution in [0.5, 0.6) is 11.5 Å². The molecule has 1 aliphatic heterocycles. The molecule has 0 fully saturated rings. The standard InChI is InChI=1S/C18H24O5/c1-11-9-12-15(13(10-11)21-5)23-14(19)7-8-18(12,4)17(2,3)16(20)22-6/h9-10H,7-8H2,1-6H3. The van der Waals surface area contributed by atoms with E-state index in [0.29, 0.717) is 17.9 Å². The van der Waals surface area contributed by atoms with E-state index in [2.05, 4.69) is 0 Å². The third-order valence-corrected chi connectivity index (χ3v) is 5.13. The summed E-state index contributed by atoms with van der Waals surface area (Å²) in [6.07, 6.45) is 0.724. The van der Waals surface area contributed by atoms with Crippen molar-refractivity contribution in [2.24, 2.45) is 5.41 Å². The molecule has 0 amide bonds. The molecule has 1 unspecified atom stereocenters. The van der Waals surface area contributed by atoms with Crippen molar-refractivity contribution in [3.05, 3.63) is 23.3 Å². The molecule has 0 saturated heterocycles. The Morgan fingerprint density at radius 1 is 1.30 bits per heavy atom. The van der Waals surface area contributed by atoms with Crippen LogP contribution in [0.25, 0.3) is 0 Å². The van der Waals surface area contributed by atoms with Crippen LogP contribution in [0.4, 0.5) is 0 Å². The topological polar surface area (TPSA) is 61.8 Å². The summed E-state index contributed by atoms with van der Waals surface area (Å²) in [5.41, 5.74) is 0.325. The first-order valence-corrected chi connectivity index (χ1v) is 7.65. The van der Waals surface area contributed by atoms with E-state index in [0.717, 1.165) is 11.1 Å². The summed E-state index contributed by atoms with van der Waals surface area (Å²) in [5.74, 6) is 0.265. The van der Waals surface area contributed by atoms with Gasteiger partial charge in [-0.15, -0.1) is 0 Å². The normalized spacial score (nSPS) is 21.0. The zero-order valence-electron chi connectivity index (χ0n) is 14.6. The molecule has 0 aliphatic carbocycles. The van der Waals surface area contributed by atoms with Gasteiger partial charge in [-0.2, -0.15) is 0 Å². The van der Waals surface area contributed by atoms with Gasteiger partial charge in [0.25, 0.3) is 0 Å². The molecule has 0 bridgehead atoms. The van der Waals surface area contributed by atoms with Gasteiger partial charge in [0.05, 0.1) is 19.6 Å². The van der Waals surface area contributed by atoms with Crippen molar-refractivity contribution < 1.29 is 23.8 Å². The van der Waals surface area contributed by atoms with Gasteiger partial charge in [0.15, 0.2) is 11.5 Å². The lowest BCUT2D eigenvalue weighted by atomic mass is 9.60. The van der Waals surface area contributed by atoms with Crippen LogP contribution >= 0.6 is 0 Å². The number of hydrogen-bond acceptors (Lipinski definition) is 5. The maximum atomic E-state index is 12.4. The Kier molecular flexibility index (Phi) is 4.42. The fourth-order valence-corrected chi connectivity index (χ4v) is 3.19. The second kappa shape index (κ2) is 5.87. The number of aryl methyl sites for hydroxylation is 1. The summed E-state index contributed by atoms with van der Waals surface area (Å²) in [6.45, 7) is 7.60. The van der Waals surface area contributed by atoms with Crippen LogP contribution in [0, 0.1) is 12.3 Å². The molecule has 0 aromatic heterocycles. The summed E-state index contributed by atoms with van der Waals surface area (Å²) < 4.78 is 15.9. The zero-order valence-corrected chi connectivity index (χ0v) is 14.6. The van der Waals surface area contributed by atoms with Crippen molar-refractivity contribution in [1.29, 1.82) is 0 Å². The average molecular weight is 320 g/mol. The van der Waals surface area contributed by atoms with Gasteiger partial charge >= 0.3 is 11.9 Å². The van der Waals surface area contributed by atoms with Gasteiger partial charge in [-0.3, -0.25) is 9.59 Å². The fourth-order valence-electron chi connectivity index (χ4n) is 3.19. The van der Waals surface area contributed by atoms with E-state index in [-0.39, 0.29) is 18.4 Å². The molecule has 1 aromatic carbocycles. The molecule has 1 aliphatic rings. The van der Waals surface area contributed by atoms with Crippen LogP contribution in [0.2, 0.25) is 0 Å². The first-order chi connectivity index (χ1) is 10.7. The Morgan fingerprint density at radius 2 is 1.96 bits per heavy atom. The van der Waals surface area contributed by atoms with Crippen LogP contribution in [-0.4, -0.2) is 26.2 Å². The maximum Gasteiger partial charge on any atom is 0.312 e. The smallest absolute Gasteiger partial charge is 0.312 e. The Balaban J connectivity index is 2.76. The van der Waals surface area contributed by atoms with E-state index in [9.17, 15) is 9.59 Å². The first kappa shape index (κ1) is 17.3. The van der Waals surface area contributed by atoms with Crippen molar-refractivity contribution in [1.82, 2.24) is 0 Å². The molecule has 0 N–H and O–H groups in total. The zero-order chi connectivity index (χ0) is 17.4. The summed E-state index contributed by atoms with van der Waals surface area (Å²) in [4.78, 5) is 24.5. The van der Waals surface area contributed by atoms with Gasteiger partial charge in [0.2, 0.25) is 0 Å². The maximum absolute atomic E-state index is 12.4.